The van der Waals surface area contributed by atoms with Gasteiger partial charge in [-0.25, -0.2) is 0 Å². The van der Waals surface area contributed by atoms with Crippen molar-refractivity contribution in [3.05, 3.63) is 38.8 Å². The number of benzene rings is 1. The van der Waals surface area contributed by atoms with E-state index < -0.39 is 0 Å². The van der Waals surface area contributed by atoms with Crippen LogP contribution in [0.15, 0.2) is 18.2 Å². The van der Waals surface area contributed by atoms with Crippen molar-refractivity contribution in [3.8, 4) is 0 Å². The molecule has 0 unspecified atom stereocenters. The van der Waals surface area contributed by atoms with E-state index in [4.69, 9.17) is 34.8 Å². The fraction of sp³-hybridized carbons (Fsp3) is 0.111. The summed E-state index contributed by atoms with van der Waals surface area (Å²) in [6.07, 6.45) is 3.77. The molecule has 0 heterocycles. The highest BCUT2D eigenvalue weighted by atomic mass is 79.9. The van der Waals surface area contributed by atoms with Crippen LogP contribution < -0.4 is 0 Å². The van der Waals surface area contributed by atoms with Gasteiger partial charge in [0.15, 0.2) is 0 Å². The second kappa shape index (κ2) is 5.26. The molecule has 4 heteroatoms. The van der Waals surface area contributed by atoms with Crippen LogP contribution in [0.5, 0.6) is 0 Å². The van der Waals surface area contributed by atoms with Gasteiger partial charge in [0.25, 0.3) is 0 Å². The minimum Gasteiger partial charge on any atom is -0.0883 e. The molecule has 13 heavy (non-hydrogen) atoms. The van der Waals surface area contributed by atoms with E-state index in [0.717, 1.165) is 10.9 Å². The minimum absolute atomic E-state index is 0.547. The summed E-state index contributed by atoms with van der Waals surface area (Å²) in [7, 11) is 0. The largest absolute Gasteiger partial charge is 0.0883 e. The third-order valence-corrected chi connectivity index (χ3v) is 2.63. The molecule has 0 spiro atoms. The molecule has 0 aliphatic rings. The normalized spacial score (nSPS) is 11.1. The molecule has 1 rings (SSSR count). The zero-order valence-electron chi connectivity index (χ0n) is 6.53. The van der Waals surface area contributed by atoms with Crippen molar-refractivity contribution in [1.29, 1.82) is 0 Å². The summed E-state index contributed by atoms with van der Waals surface area (Å²) < 4.78 is 0. The maximum absolute atomic E-state index is 5.94. The van der Waals surface area contributed by atoms with Crippen LogP contribution in [0.3, 0.4) is 0 Å². The van der Waals surface area contributed by atoms with Crippen molar-refractivity contribution in [2.75, 3.05) is 5.33 Å². The van der Waals surface area contributed by atoms with Gasteiger partial charge in [0.2, 0.25) is 0 Å². The first-order chi connectivity index (χ1) is 6.15. The second-order valence-electron chi connectivity index (χ2n) is 2.34. The topological polar surface area (TPSA) is 0 Å². The Balaban J connectivity index is 3.13. The molecule has 0 aliphatic carbocycles. The third-order valence-electron chi connectivity index (χ3n) is 1.42. The van der Waals surface area contributed by atoms with Gasteiger partial charge in [0.1, 0.15) is 0 Å². The van der Waals surface area contributed by atoms with Crippen LogP contribution in [-0.4, -0.2) is 5.33 Å². The fourth-order valence-electron chi connectivity index (χ4n) is 0.875. The summed E-state index contributed by atoms with van der Waals surface area (Å²) in [6.45, 7) is 0. The van der Waals surface area contributed by atoms with Crippen molar-refractivity contribution >= 4 is 56.8 Å². The smallest absolute Gasteiger partial charge is 0.0508 e. The lowest BCUT2D eigenvalue weighted by Gasteiger charge is -2.01. The number of allylic oxidation sites excluding steroid dienone is 1. The van der Waals surface area contributed by atoms with Crippen LogP contribution >= 0.6 is 50.7 Å². The van der Waals surface area contributed by atoms with Gasteiger partial charge in [-0.1, -0.05) is 62.9 Å². The minimum atomic E-state index is 0.547. The van der Waals surface area contributed by atoms with Crippen molar-refractivity contribution < 1.29 is 0 Å². The molecule has 0 aliphatic heterocycles. The van der Waals surface area contributed by atoms with E-state index in [1.54, 1.807) is 12.1 Å². The molecule has 0 saturated carbocycles. The molecule has 0 amide bonds. The van der Waals surface area contributed by atoms with Crippen LogP contribution in [-0.2, 0) is 0 Å². The van der Waals surface area contributed by atoms with Crippen LogP contribution in [0, 0.1) is 0 Å². The van der Waals surface area contributed by atoms with Gasteiger partial charge in [-0.2, -0.15) is 0 Å². The number of rotatable bonds is 2. The molecular formula is C9H6BrCl3. The standard InChI is InChI=1S/C9H6BrCl3/c10-3-1-2-7-8(12)4-6(11)5-9(7)13/h1-2,4-5H,3H2. The summed E-state index contributed by atoms with van der Waals surface area (Å²) in [5.74, 6) is 0. The van der Waals surface area contributed by atoms with Crippen molar-refractivity contribution in [2.24, 2.45) is 0 Å². The maximum atomic E-state index is 5.94. The summed E-state index contributed by atoms with van der Waals surface area (Å²) in [4.78, 5) is 0. The lowest BCUT2D eigenvalue weighted by atomic mass is 10.2. The van der Waals surface area contributed by atoms with Gasteiger partial charge in [-0.15, -0.1) is 0 Å². The Bertz CT molecular complexity index is 311. The lowest BCUT2D eigenvalue weighted by molar-refractivity contribution is 1.64. The summed E-state index contributed by atoms with van der Waals surface area (Å²) in [6, 6.07) is 3.34. The zero-order chi connectivity index (χ0) is 9.84. The Labute approximate surface area is 101 Å². The average Bonchev–Trinajstić information content (AvgIpc) is 2.02. The number of hydrogen-bond acceptors (Lipinski definition) is 0. The molecule has 70 valence electrons. The van der Waals surface area contributed by atoms with Crippen LogP contribution in [0.1, 0.15) is 5.56 Å². The van der Waals surface area contributed by atoms with Gasteiger partial charge in [-0.05, 0) is 12.1 Å². The van der Waals surface area contributed by atoms with E-state index in [-0.39, 0.29) is 0 Å². The highest BCUT2D eigenvalue weighted by molar-refractivity contribution is 9.09. The van der Waals surface area contributed by atoms with Crippen molar-refractivity contribution in [3.63, 3.8) is 0 Å². The summed E-state index contributed by atoms with van der Waals surface area (Å²) in [5.41, 5.74) is 0.798. The van der Waals surface area contributed by atoms with Crippen LogP contribution in [0.2, 0.25) is 15.1 Å². The Hall–Kier alpha value is 0.310. The molecule has 0 radical (unpaired) electrons. The number of hydrogen-bond donors (Lipinski definition) is 0. The molecule has 0 fully saturated rings. The molecule has 0 bridgehead atoms. The first-order valence-corrected chi connectivity index (χ1v) is 5.77. The Kier molecular flexibility index (Phi) is 4.60. The third kappa shape index (κ3) is 3.17. The van der Waals surface area contributed by atoms with Crippen molar-refractivity contribution in [1.82, 2.24) is 0 Å². The SMILES string of the molecule is Clc1cc(Cl)c(C=CCBr)c(Cl)c1. The predicted molar refractivity (Wildman–Crippen MR) is 64.3 cm³/mol. The molecule has 0 saturated heterocycles. The van der Waals surface area contributed by atoms with Gasteiger partial charge in [0.05, 0.1) is 10.0 Å². The summed E-state index contributed by atoms with van der Waals surface area (Å²) >= 11 is 20.9. The number of alkyl halides is 1. The average molecular weight is 300 g/mol. The van der Waals surface area contributed by atoms with Gasteiger partial charge in [-0.3, -0.25) is 0 Å². The van der Waals surface area contributed by atoms with Gasteiger partial charge < -0.3 is 0 Å². The molecule has 1 aromatic carbocycles. The number of halogens is 4. The maximum Gasteiger partial charge on any atom is 0.0508 e. The van der Waals surface area contributed by atoms with E-state index in [1.165, 1.54) is 0 Å². The van der Waals surface area contributed by atoms with E-state index in [9.17, 15) is 0 Å². The quantitative estimate of drug-likeness (QED) is 0.670. The van der Waals surface area contributed by atoms with Crippen LogP contribution in [0.25, 0.3) is 6.08 Å². The molecule has 1 aromatic rings. The lowest BCUT2D eigenvalue weighted by Crippen LogP contribution is -1.78. The molecule has 0 atom stereocenters. The predicted octanol–water partition coefficient (Wildman–Crippen LogP) is 5.05. The van der Waals surface area contributed by atoms with Gasteiger partial charge in [0, 0.05) is 15.9 Å². The second-order valence-corrected chi connectivity index (χ2v) is 4.24. The molecule has 0 nitrogen and oxygen atoms in total. The Morgan fingerprint density at radius 1 is 1.15 bits per heavy atom. The van der Waals surface area contributed by atoms with E-state index >= 15 is 0 Å². The van der Waals surface area contributed by atoms with E-state index in [2.05, 4.69) is 15.9 Å². The highest BCUT2D eigenvalue weighted by Crippen LogP contribution is 2.29. The molecular weight excluding hydrogens is 294 g/mol. The molecule has 0 aromatic heterocycles. The monoisotopic (exact) mass is 298 g/mol. The first kappa shape index (κ1) is 11.4. The Morgan fingerprint density at radius 3 is 2.15 bits per heavy atom. The Morgan fingerprint density at radius 2 is 1.69 bits per heavy atom. The zero-order valence-corrected chi connectivity index (χ0v) is 10.4. The van der Waals surface area contributed by atoms with E-state index in [1.807, 2.05) is 12.2 Å². The van der Waals surface area contributed by atoms with E-state index in [0.29, 0.717) is 15.1 Å². The fourth-order valence-corrected chi connectivity index (χ4v) is 2.00. The van der Waals surface area contributed by atoms with Crippen molar-refractivity contribution in [2.45, 2.75) is 0 Å². The molecule has 0 N–H and O–H groups in total. The van der Waals surface area contributed by atoms with Gasteiger partial charge >= 0.3 is 0 Å². The first-order valence-electron chi connectivity index (χ1n) is 3.52. The highest BCUT2D eigenvalue weighted by Gasteiger charge is 2.03. The van der Waals surface area contributed by atoms with Crippen LogP contribution in [0.4, 0.5) is 0 Å². The summed E-state index contributed by atoms with van der Waals surface area (Å²) in [5, 5.41) is 2.44.